The molecule has 0 spiro atoms. The fourth-order valence-electron chi connectivity index (χ4n) is 6.33. The van der Waals surface area contributed by atoms with Crippen LogP contribution in [0.25, 0.3) is 0 Å². The summed E-state index contributed by atoms with van der Waals surface area (Å²) in [5.41, 5.74) is 5.35. The minimum Gasteiger partial charge on any atom is -0.462 e. The molecule has 0 amide bonds. The molecule has 0 aliphatic heterocycles. The average molecular weight is 850 g/mol. The van der Waals surface area contributed by atoms with Gasteiger partial charge < -0.3 is 20.1 Å². The molecule has 0 saturated heterocycles. The number of carbonyl (C=O) groups excluding carboxylic acids is 2. The third kappa shape index (κ3) is 45.1. The number of unbranched alkanes of at least 4 members (excludes halogenated alkanes) is 21. The number of carbonyl (C=O) groups is 2. The molecule has 0 saturated carbocycles. The lowest BCUT2D eigenvalue weighted by Crippen LogP contribution is -2.29. The third-order valence-electron chi connectivity index (χ3n) is 9.88. The SMILES string of the molecule is CCCCCC=CCC=CCC=CCC=CCCCC(=O)O[C@H](COC(=O)CCCCCCCCCCCCCC=CCCCCCCCC)COP(=O)(O)OCCN. The van der Waals surface area contributed by atoms with E-state index in [9.17, 15) is 19.0 Å². The normalized spacial score (nSPS) is 13.8. The van der Waals surface area contributed by atoms with Gasteiger partial charge in [0.2, 0.25) is 0 Å². The van der Waals surface area contributed by atoms with Gasteiger partial charge in [-0.1, -0.05) is 177 Å². The van der Waals surface area contributed by atoms with Crippen LogP contribution in [0.2, 0.25) is 0 Å². The molecule has 10 heteroatoms. The first kappa shape index (κ1) is 56.7. The summed E-state index contributed by atoms with van der Waals surface area (Å²) in [5, 5.41) is 0. The van der Waals surface area contributed by atoms with Crippen molar-refractivity contribution < 1.29 is 37.6 Å². The Kier molecular flexibility index (Phi) is 43.5. The summed E-state index contributed by atoms with van der Waals surface area (Å²) in [7, 11) is -4.40. The van der Waals surface area contributed by atoms with Crippen LogP contribution in [0.3, 0.4) is 0 Å². The second-order valence-electron chi connectivity index (χ2n) is 15.6. The summed E-state index contributed by atoms with van der Waals surface area (Å²) < 4.78 is 32.8. The summed E-state index contributed by atoms with van der Waals surface area (Å²) in [4.78, 5) is 34.9. The second-order valence-corrected chi connectivity index (χ2v) is 17.1. The molecule has 0 rings (SSSR count). The molecule has 59 heavy (non-hydrogen) atoms. The summed E-state index contributed by atoms with van der Waals surface area (Å²) in [6.45, 7) is 3.65. The van der Waals surface area contributed by atoms with E-state index >= 15 is 0 Å². The lowest BCUT2D eigenvalue weighted by molar-refractivity contribution is -0.161. The minimum absolute atomic E-state index is 0.0429. The van der Waals surface area contributed by atoms with Crippen molar-refractivity contribution >= 4 is 19.8 Å². The highest BCUT2D eigenvalue weighted by Crippen LogP contribution is 2.43. The molecule has 0 aliphatic rings. The Bertz CT molecular complexity index is 1150. The van der Waals surface area contributed by atoms with Crippen LogP contribution >= 0.6 is 7.82 Å². The third-order valence-corrected chi connectivity index (χ3v) is 10.9. The highest BCUT2D eigenvalue weighted by atomic mass is 31.2. The quantitative estimate of drug-likeness (QED) is 0.0266. The lowest BCUT2D eigenvalue weighted by atomic mass is 10.0. The van der Waals surface area contributed by atoms with Gasteiger partial charge in [-0.25, -0.2) is 4.57 Å². The van der Waals surface area contributed by atoms with E-state index in [-0.39, 0.29) is 32.6 Å². The fourth-order valence-corrected chi connectivity index (χ4v) is 7.09. The number of rotatable bonds is 44. The highest BCUT2D eigenvalue weighted by molar-refractivity contribution is 7.47. The van der Waals surface area contributed by atoms with Crippen LogP contribution in [0.5, 0.6) is 0 Å². The first-order valence-electron chi connectivity index (χ1n) is 23.8. The van der Waals surface area contributed by atoms with Crippen molar-refractivity contribution in [1.82, 2.24) is 0 Å². The van der Waals surface area contributed by atoms with E-state index in [1.54, 1.807) is 0 Å². The highest BCUT2D eigenvalue weighted by Gasteiger charge is 2.26. The number of phosphoric ester groups is 1. The molecule has 2 atom stereocenters. The number of allylic oxidation sites excluding steroid dienone is 10. The zero-order valence-corrected chi connectivity index (χ0v) is 38.6. The van der Waals surface area contributed by atoms with E-state index in [4.69, 9.17) is 24.3 Å². The molecule has 0 aliphatic carbocycles. The van der Waals surface area contributed by atoms with Crippen LogP contribution in [-0.2, 0) is 32.7 Å². The van der Waals surface area contributed by atoms with Crippen molar-refractivity contribution in [3.63, 3.8) is 0 Å². The number of hydrogen-bond donors (Lipinski definition) is 2. The van der Waals surface area contributed by atoms with Crippen molar-refractivity contribution in [2.45, 2.75) is 213 Å². The maximum Gasteiger partial charge on any atom is 0.472 e. The van der Waals surface area contributed by atoms with Crippen LogP contribution in [-0.4, -0.2) is 49.3 Å². The van der Waals surface area contributed by atoms with Gasteiger partial charge in [0.05, 0.1) is 13.2 Å². The van der Waals surface area contributed by atoms with Gasteiger partial charge in [0.1, 0.15) is 6.61 Å². The van der Waals surface area contributed by atoms with Gasteiger partial charge in [0, 0.05) is 19.4 Å². The van der Waals surface area contributed by atoms with Crippen LogP contribution in [0, 0.1) is 0 Å². The van der Waals surface area contributed by atoms with Gasteiger partial charge in [-0.3, -0.25) is 18.6 Å². The van der Waals surface area contributed by atoms with Crippen molar-refractivity contribution in [2.24, 2.45) is 5.73 Å². The largest absolute Gasteiger partial charge is 0.472 e. The van der Waals surface area contributed by atoms with Gasteiger partial charge in [-0.05, 0) is 77.0 Å². The smallest absolute Gasteiger partial charge is 0.462 e. The first-order valence-corrected chi connectivity index (χ1v) is 25.3. The zero-order chi connectivity index (χ0) is 43.2. The zero-order valence-electron chi connectivity index (χ0n) is 37.7. The van der Waals surface area contributed by atoms with Gasteiger partial charge in [0.15, 0.2) is 6.10 Å². The molecule has 342 valence electrons. The fraction of sp³-hybridized carbons (Fsp3) is 0.755. The summed E-state index contributed by atoms with van der Waals surface area (Å²) >= 11 is 0. The number of esters is 2. The number of phosphoric acid groups is 1. The molecule has 0 aromatic rings. The van der Waals surface area contributed by atoms with E-state index in [1.165, 1.54) is 128 Å². The van der Waals surface area contributed by atoms with Gasteiger partial charge in [-0.15, -0.1) is 0 Å². The summed E-state index contributed by atoms with van der Waals surface area (Å²) in [5.74, 6) is -0.894. The molecule has 0 bridgehead atoms. The van der Waals surface area contributed by atoms with Crippen LogP contribution in [0.4, 0.5) is 0 Å². The standard InChI is InChI=1S/C49H88NO8P/c1-3-5-7-9-11-13-15-17-19-21-22-23-24-26-27-29-31-33-35-37-39-41-48(51)55-45-47(46-57-59(53,54)56-44-43-50)58-49(52)42-40-38-36-34-32-30-28-25-20-18-16-14-12-10-8-6-4-2/h12,14,17-20,28,30,34,36,47H,3-11,13,15-16,21-27,29,31-33,35,37-46,50H2,1-2H3,(H,53,54)/t47-/m1/s1. The molecule has 3 N–H and O–H groups in total. The van der Waals surface area contributed by atoms with Crippen LogP contribution < -0.4 is 5.73 Å². The molecule has 1 unspecified atom stereocenters. The minimum atomic E-state index is -4.40. The molecule has 9 nitrogen and oxygen atoms in total. The Labute approximate surface area is 361 Å². The lowest BCUT2D eigenvalue weighted by Gasteiger charge is -2.19. The predicted octanol–water partition coefficient (Wildman–Crippen LogP) is 14.1. The van der Waals surface area contributed by atoms with Gasteiger partial charge in [-0.2, -0.15) is 0 Å². The number of hydrogen-bond acceptors (Lipinski definition) is 8. The Morgan fingerprint density at radius 2 is 0.898 bits per heavy atom. The second kappa shape index (κ2) is 45.2. The van der Waals surface area contributed by atoms with E-state index in [1.807, 2.05) is 6.08 Å². The molecule has 0 aromatic heterocycles. The Hall–Kier alpha value is -2.29. The van der Waals surface area contributed by atoms with Crippen molar-refractivity contribution in [3.05, 3.63) is 60.8 Å². The van der Waals surface area contributed by atoms with Gasteiger partial charge in [0.25, 0.3) is 0 Å². The molecule has 0 fully saturated rings. The Morgan fingerprint density at radius 1 is 0.508 bits per heavy atom. The van der Waals surface area contributed by atoms with Crippen LogP contribution in [0.1, 0.15) is 206 Å². The number of ether oxygens (including phenoxy) is 2. The van der Waals surface area contributed by atoms with E-state index < -0.39 is 32.5 Å². The Morgan fingerprint density at radius 3 is 1.41 bits per heavy atom. The van der Waals surface area contributed by atoms with Crippen LogP contribution in [0.15, 0.2) is 60.8 Å². The average Bonchev–Trinajstić information content (AvgIpc) is 3.22. The molecule has 0 aromatic carbocycles. The molecule has 0 radical (unpaired) electrons. The summed E-state index contributed by atoms with van der Waals surface area (Å²) in [6, 6.07) is 0. The first-order chi connectivity index (χ1) is 28.8. The van der Waals surface area contributed by atoms with Crippen molar-refractivity contribution in [2.75, 3.05) is 26.4 Å². The maximum atomic E-state index is 12.6. The maximum absolute atomic E-state index is 12.6. The molecular formula is C49H88NO8P. The van der Waals surface area contributed by atoms with E-state index in [2.05, 4.69) is 68.5 Å². The van der Waals surface area contributed by atoms with E-state index in [0.717, 1.165) is 38.5 Å². The Balaban J connectivity index is 4.16. The van der Waals surface area contributed by atoms with Crippen molar-refractivity contribution in [3.8, 4) is 0 Å². The van der Waals surface area contributed by atoms with E-state index in [0.29, 0.717) is 12.8 Å². The number of nitrogens with two attached hydrogens (primary N) is 1. The summed E-state index contributed by atoms with van der Waals surface area (Å²) in [6.07, 6.45) is 54.0. The monoisotopic (exact) mass is 850 g/mol. The molecular weight excluding hydrogens is 762 g/mol. The van der Waals surface area contributed by atoms with Gasteiger partial charge >= 0.3 is 19.8 Å². The van der Waals surface area contributed by atoms with Crippen molar-refractivity contribution in [1.29, 1.82) is 0 Å². The molecule has 0 heterocycles. The predicted molar refractivity (Wildman–Crippen MR) is 247 cm³/mol. The topological polar surface area (TPSA) is 134 Å².